The van der Waals surface area contributed by atoms with E-state index in [2.05, 4.69) is 4.98 Å². The molecule has 1 aromatic heterocycles. The molecule has 0 unspecified atom stereocenters. The van der Waals surface area contributed by atoms with Gasteiger partial charge in [0.2, 0.25) is 0 Å². The average molecular weight is 255 g/mol. The number of nitrogen functional groups attached to an aromatic ring is 1. The fraction of sp³-hybridized carbons (Fsp3) is 0.182. The number of hydrogen-bond donors (Lipinski definition) is 1. The maximum atomic E-state index is 5.94. The molecule has 16 heavy (non-hydrogen) atoms. The highest BCUT2D eigenvalue weighted by Crippen LogP contribution is 2.33. The lowest BCUT2D eigenvalue weighted by atomic mass is 10.1. The molecule has 0 aliphatic heterocycles. The highest BCUT2D eigenvalue weighted by molar-refractivity contribution is 7.17. The molecule has 2 N–H and O–H groups in total. The molecule has 5 heteroatoms. The first-order chi connectivity index (χ1) is 7.56. The van der Waals surface area contributed by atoms with Crippen molar-refractivity contribution in [2.24, 2.45) is 0 Å². The van der Waals surface area contributed by atoms with E-state index in [4.69, 9.17) is 22.1 Å². The molecule has 1 aromatic carbocycles. The lowest BCUT2D eigenvalue weighted by Gasteiger charge is -2.09. The second-order valence-corrected chi connectivity index (χ2v) is 4.96. The zero-order chi connectivity index (χ0) is 11.7. The number of hydrogen-bond acceptors (Lipinski definition) is 4. The first-order valence-electron chi connectivity index (χ1n) is 4.72. The Bertz CT molecular complexity index is 501. The van der Waals surface area contributed by atoms with Crippen LogP contribution in [-0.2, 0) is 0 Å². The van der Waals surface area contributed by atoms with Crippen LogP contribution in [0.25, 0.3) is 0 Å². The Morgan fingerprint density at radius 2 is 1.94 bits per heavy atom. The Labute approximate surface area is 103 Å². The van der Waals surface area contributed by atoms with E-state index in [0.717, 1.165) is 16.9 Å². The van der Waals surface area contributed by atoms with Crippen molar-refractivity contribution in [1.29, 1.82) is 0 Å². The van der Waals surface area contributed by atoms with E-state index >= 15 is 0 Å². The summed E-state index contributed by atoms with van der Waals surface area (Å²) in [6, 6.07) is 3.72. The van der Waals surface area contributed by atoms with Gasteiger partial charge in [0.1, 0.15) is 10.8 Å². The zero-order valence-corrected chi connectivity index (χ0v) is 10.5. The molecule has 0 spiro atoms. The van der Waals surface area contributed by atoms with Gasteiger partial charge in [-0.3, -0.25) is 0 Å². The van der Waals surface area contributed by atoms with Crippen LogP contribution in [0.3, 0.4) is 0 Å². The molecule has 2 aromatic rings. The minimum Gasteiger partial charge on any atom is -0.430 e. The number of aromatic nitrogens is 1. The summed E-state index contributed by atoms with van der Waals surface area (Å²) >= 11 is 7.26. The van der Waals surface area contributed by atoms with Gasteiger partial charge in [0.05, 0.1) is 6.20 Å². The molecular formula is C11H11ClN2OS. The van der Waals surface area contributed by atoms with Gasteiger partial charge in [-0.15, -0.1) is 0 Å². The van der Waals surface area contributed by atoms with Crippen LogP contribution in [0.15, 0.2) is 18.3 Å². The number of ether oxygens (including phenoxy) is 1. The third-order valence-corrected chi connectivity index (χ3v) is 3.04. The summed E-state index contributed by atoms with van der Waals surface area (Å²) in [6.07, 6.45) is 1.58. The number of thiazole rings is 1. The molecule has 0 amide bonds. The SMILES string of the molecule is Cc1cc(Cl)cc(C)c1Oc1ncc(N)s1. The maximum absolute atomic E-state index is 5.94. The van der Waals surface area contributed by atoms with Crippen LogP contribution in [0.2, 0.25) is 5.02 Å². The number of rotatable bonds is 2. The predicted molar refractivity (Wildman–Crippen MR) is 67.5 cm³/mol. The van der Waals surface area contributed by atoms with Gasteiger partial charge in [-0.2, -0.15) is 0 Å². The smallest absolute Gasteiger partial charge is 0.280 e. The fourth-order valence-electron chi connectivity index (χ4n) is 1.46. The second kappa shape index (κ2) is 4.31. The molecule has 2 rings (SSSR count). The predicted octanol–water partition coefficient (Wildman–Crippen LogP) is 3.79. The molecule has 84 valence electrons. The molecule has 0 aliphatic carbocycles. The van der Waals surface area contributed by atoms with Crippen molar-refractivity contribution in [2.75, 3.05) is 5.73 Å². The first-order valence-corrected chi connectivity index (χ1v) is 5.91. The Hall–Kier alpha value is -1.26. The minimum atomic E-state index is 0.547. The van der Waals surface area contributed by atoms with Gasteiger partial charge in [-0.05, 0) is 37.1 Å². The number of halogens is 1. The van der Waals surface area contributed by atoms with E-state index in [-0.39, 0.29) is 0 Å². The van der Waals surface area contributed by atoms with Crippen molar-refractivity contribution >= 4 is 27.9 Å². The van der Waals surface area contributed by atoms with Crippen LogP contribution in [-0.4, -0.2) is 4.98 Å². The van der Waals surface area contributed by atoms with E-state index in [1.807, 2.05) is 26.0 Å². The Kier molecular flexibility index (Phi) is 3.03. The molecule has 0 fully saturated rings. The van der Waals surface area contributed by atoms with E-state index in [1.165, 1.54) is 11.3 Å². The molecule has 0 radical (unpaired) electrons. The second-order valence-electron chi connectivity index (χ2n) is 3.50. The van der Waals surface area contributed by atoms with Gasteiger partial charge in [0, 0.05) is 5.02 Å². The maximum Gasteiger partial charge on any atom is 0.280 e. The highest BCUT2D eigenvalue weighted by atomic mass is 35.5. The monoisotopic (exact) mass is 254 g/mol. The van der Waals surface area contributed by atoms with Crippen molar-refractivity contribution in [1.82, 2.24) is 4.98 Å². The van der Waals surface area contributed by atoms with Crippen LogP contribution in [0.5, 0.6) is 10.9 Å². The third kappa shape index (κ3) is 2.28. The highest BCUT2D eigenvalue weighted by Gasteiger charge is 2.09. The summed E-state index contributed by atoms with van der Waals surface area (Å²) in [7, 11) is 0. The quantitative estimate of drug-likeness (QED) is 0.887. The topological polar surface area (TPSA) is 48.1 Å². The average Bonchev–Trinajstić information content (AvgIpc) is 2.58. The van der Waals surface area contributed by atoms with Gasteiger partial charge in [0.25, 0.3) is 5.19 Å². The first kappa shape index (κ1) is 11.2. The van der Waals surface area contributed by atoms with Crippen LogP contribution in [0, 0.1) is 13.8 Å². The van der Waals surface area contributed by atoms with E-state index in [0.29, 0.717) is 15.2 Å². The summed E-state index contributed by atoms with van der Waals surface area (Å²) < 4.78 is 5.68. The molecule has 0 aliphatic rings. The summed E-state index contributed by atoms with van der Waals surface area (Å²) in [5.41, 5.74) is 7.56. The lowest BCUT2D eigenvalue weighted by molar-refractivity contribution is 0.471. The van der Waals surface area contributed by atoms with E-state index in [1.54, 1.807) is 6.20 Å². The Balaban J connectivity index is 2.34. The summed E-state index contributed by atoms with van der Waals surface area (Å²) in [4.78, 5) is 4.05. The summed E-state index contributed by atoms with van der Waals surface area (Å²) in [5, 5.41) is 1.89. The molecule has 1 heterocycles. The Morgan fingerprint density at radius 1 is 1.31 bits per heavy atom. The van der Waals surface area contributed by atoms with Gasteiger partial charge in [-0.1, -0.05) is 22.9 Å². The third-order valence-electron chi connectivity index (χ3n) is 2.12. The van der Waals surface area contributed by atoms with Crippen LogP contribution in [0.4, 0.5) is 5.00 Å². The fourth-order valence-corrected chi connectivity index (χ4v) is 2.33. The van der Waals surface area contributed by atoms with Crippen LogP contribution >= 0.6 is 22.9 Å². The standard InChI is InChI=1S/C11H11ClN2OS/c1-6-3-8(12)4-7(2)10(6)15-11-14-5-9(13)16-11/h3-5H,13H2,1-2H3. The van der Waals surface area contributed by atoms with Gasteiger partial charge < -0.3 is 10.5 Å². The van der Waals surface area contributed by atoms with Crippen molar-refractivity contribution in [3.63, 3.8) is 0 Å². The van der Waals surface area contributed by atoms with Crippen molar-refractivity contribution < 1.29 is 4.74 Å². The number of anilines is 1. The minimum absolute atomic E-state index is 0.547. The molecule has 3 nitrogen and oxygen atoms in total. The molecule has 0 saturated carbocycles. The van der Waals surface area contributed by atoms with Crippen molar-refractivity contribution in [3.8, 4) is 10.9 Å². The van der Waals surface area contributed by atoms with Gasteiger partial charge >= 0.3 is 0 Å². The summed E-state index contributed by atoms with van der Waals surface area (Å²) in [5.74, 6) is 0.791. The zero-order valence-electron chi connectivity index (χ0n) is 8.95. The number of aryl methyl sites for hydroxylation is 2. The molecule has 0 saturated heterocycles. The van der Waals surface area contributed by atoms with Gasteiger partial charge in [-0.25, -0.2) is 4.98 Å². The van der Waals surface area contributed by atoms with E-state index in [9.17, 15) is 0 Å². The lowest BCUT2D eigenvalue weighted by Crippen LogP contribution is -1.90. The Morgan fingerprint density at radius 3 is 2.44 bits per heavy atom. The molecule has 0 bridgehead atoms. The number of nitrogens with zero attached hydrogens (tertiary/aromatic N) is 1. The van der Waals surface area contributed by atoms with Crippen LogP contribution < -0.4 is 10.5 Å². The molecular weight excluding hydrogens is 244 g/mol. The number of nitrogens with two attached hydrogens (primary N) is 1. The summed E-state index contributed by atoms with van der Waals surface area (Å²) in [6.45, 7) is 3.90. The number of benzene rings is 1. The normalized spacial score (nSPS) is 10.4. The largest absolute Gasteiger partial charge is 0.430 e. The van der Waals surface area contributed by atoms with Gasteiger partial charge in [0.15, 0.2) is 0 Å². The van der Waals surface area contributed by atoms with E-state index < -0.39 is 0 Å². The van der Waals surface area contributed by atoms with Crippen LogP contribution in [0.1, 0.15) is 11.1 Å². The van der Waals surface area contributed by atoms with Crippen molar-refractivity contribution in [2.45, 2.75) is 13.8 Å². The molecule has 0 atom stereocenters. The van der Waals surface area contributed by atoms with Crippen molar-refractivity contribution in [3.05, 3.63) is 34.5 Å².